The molecule has 0 radical (unpaired) electrons. The molecule has 5 nitrogen and oxygen atoms in total. The van der Waals surface area contributed by atoms with Crippen molar-refractivity contribution < 1.29 is 14.3 Å². The Bertz CT molecular complexity index is 837. The average Bonchev–Trinajstić information content (AvgIpc) is 2.73. The molecule has 142 valence electrons. The van der Waals surface area contributed by atoms with Gasteiger partial charge in [-0.05, 0) is 42.2 Å². The van der Waals surface area contributed by atoms with Gasteiger partial charge in [-0.3, -0.25) is 9.59 Å². The highest BCUT2D eigenvalue weighted by atomic mass is 16.5. The zero-order chi connectivity index (χ0) is 19.6. The van der Waals surface area contributed by atoms with E-state index in [1.807, 2.05) is 49.4 Å². The Kier molecular flexibility index (Phi) is 5.22. The third-order valence-electron chi connectivity index (χ3n) is 4.71. The lowest BCUT2D eigenvalue weighted by Crippen LogP contribution is -2.41. The van der Waals surface area contributed by atoms with E-state index < -0.39 is 0 Å². The third kappa shape index (κ3) is 4.30. The van der Waals surface area contributed by atoms with Crippen molar-refractivity contribution in [3.63, 3.8) is 0 Å². The molecule has 3 rings (SSSR count). The molecule has 27 heavy (non-hydrogen) atoms. The molecule has 1 aliphatic rings. The molecule has 1 N–H and O–H groups in total. The molecule has 0 spiro atoms. The van der Waals surface area contributed by atoms with Gasteiger partial charge < -0.3 is 15.0 Å². The van der Waals surface area contributed by atoms with E-state index in [0.717, 1.165) is 0 Å². The van der Waals surface area contributed by atoms with Crippen molar-refractivity contribution in [2.45, 2.75) is 45.6 Å². The molecule has 0 saturated heterocycles. The summed E-state index contributed by atoms with van der Waals surface area (Å²) in [6.07, 6.45) is 0.251. The van der Waals surface area contributed by atoms with Gasteiger partial charge in [-0.15, -0.1) is 0 Å². The third-order valence-corrected chi connectivity index (χ3v) is 4.71. The number of carbonyl (C=O) groups is 2. The number of nitrogens with one attached hydrogen (secondary N) is 1. The van der Waals surface area contributed by atoms with E-state index >= 15 is 0 Å². The van der Waals surface area contributed by atoms with Crippen LogP contribution in [0.2, 0.25) is 0 Å². The largest absolute Gasteiger partial charge is 0.484 e. The van der Waals surface area contributed by atoms with E-state index in [4.69, 9.17) is 4.74 Å². The van der Waals surface area contributed by atoms with Crippen molar-refractivity contribution in [1.82, 2.24) is 0 Å². The highest BCUT2D eigenvalue weighted by Crippen LogP contribution is 2.31. The van der Waals surface area contributed by atoms with Crippen LogP contribution in [0, 0.1) is 0 Å². The lowest BCUT2D eigenvalue weighted by Gasteiger charge is -2.27. The molecule has 0 aliphatic carbocycles. The second-order valence-corrected chi connectivity index (χ2v) is 7.95. The van der Waals surface area contributed by atoms with Crippen LogP contribution in [0.3, 0.4) is 0 Å². The molecule has 1 atom stereocenters. The van der Waals surface area contributed by atoms with Gasteiger partial charge in [0, 0.05) is 12.5 Å². The van der Waals surface area contributed by atoms with Gasteiger partial charge in [0.2, 0.25) is 5.91 Å². The summed E-state index contributed by atoms with van der Waals surface area (Å²) < 4.78 is 5.72. The molecule has 5 heteroatoms. The first-order valence-electron chi connectivity index (χ1n) is 9.20. The Morgan fingerprint density at radius 2 is 1.81 bits per heavy atom. The first kappa shape index (κ1) is 19.0. The second kappa shape index (κ2) is 7.43. The van der Waals surface area contributed by atoms with Crippen LogP contribution in [-0.4, -0.2) is 24.5 Å². The van der Waals surface area contributed by atoms with Gasteiger partial charge in [0.1, 0.15) is 5.75 Å². The Hall–Kier alpha value is -2.82. The average molecular weight is 366 g/mol. The van der Waals surface area contributed by atoms with Gasteiger partial charge in [-0.25, -0.2) is 0 Å². The molecule has 1 aliphatic heterocycles. The van der Waals surface area contributed by atoms with E-state index in [9.17, 15) is 9.59 Å². The van der Waals surface area contributed by atoms with E-state index in [-0.39, 0.29) is 36.3 Å². The number of carbonyl (C=O) groups excluding carboxylic acids is 2. The number of hydrogen-bond donors (Lipinski definition) is 1. The summed E-state index contributed by atoms with van der Waals surface area (Å²) in [6, 6.07) is 14.9. The van der Waals surface area contributed by atoms with E-state index in [0.29, 0.717) is 17.1 Å². The van der Waals surface area contributed by atoms with Crippen LogP contribution in [0.15, 0.2) is 48.5 Å². The molecule has 2 amide bonds. The van der Waals surface area contributed by atoms with Gasteiger partial charge in [0.25, 0.3) is 5.91 Å². The normalized spacial score (nSPS) is 17.0. The summed E-state index contributed by atoms with van der Waals surface area (Å²) >= 11 is 0. The van der Waals surface area contributed by atoms with Gasteiger partial charge in [-0.2, -0.15) is 0 Å². The summed E-state index contributed by atoms with van der Waals surface area (Å²) in [5, 5.41) is 2.86. The number of rotatable bonds is 3. The van der Waals surface area contributed by atoms with Crippen molar-refractivity contribution in [3.05, 3.63) is 54.1 Å². The Balaban J connectivity index is 1.74. The van der Waals surface area contributed by atoms with Crippen LogP contribution < -0.4 is 15.0 Å². The maximum atomic E-state index is 12.9. The molecule has 0 bridgehead atoms. The number of anilines is 2. The molecule has 2 aromatic carbocycles. The fourth-order valence-corrected chi connectivity index (χ4v) is 3.23. The lowest BCUT2D eigenvalue weighted by molar-refractivity contribution is -0.121. The highest BCUT2D eigenvalue weighted by Gasteiger charge is 2.29. The van der Waals surface area contributed by atoms with Crippen molar-refractivity contribution in [1.29, 1.82) is 0 Å². The first-order valence-corrected chi connectivity index (χ1v) is 9.20. The summed E-state index contributed by atoms with van der Waals surface area (Å²) in [4.78, 5) is 26.6. The zero-order valence-electron chi connectivity index (χ0n) is 16.3. The minimum absolute atomic E-state index is 0.0685. The minimum Gasteiger partial charge on any atom is -0.484 e. The summed E-state index contributed by atoms with van der Waals surface area (Å²) in [7, 11) is 0. The van der Waals surface area contributed by atoms with Crippen molar-refractivity contribution in [2.75, 3.05) is 16.8 Å². The van der Waals surface area contributed by atoms with Gasteiger partial charge in [0.15, 0.2) is 6.61 Å². The van der Waals surface area contributed by atoms with Crippen LogP contribution in [0.1, 0.15) is 39.7 Å². The first-order chi connectivity index (χ1) is 12.8. The zero-order valence-corrected chi connectivity index (χ0v) is 16.3. The Labute approximate surface area is 160 Å². The Morgan fingerprint density at radius 1 is 1.15 bits per heavy atom. The van der Waals surface area contributed by atoms with Gasteiger partial charge in [0.05, 0.1) is 11.4 Å². The molecular formula is C22H26N2O3. The maximum Gasteiger partial charge on any atom is 0.265 e. The SMILES string of the molecule is C[C@H]1CC(=O)Nc2ccccc2N1C(=O)COc1ccc(C(C)(C)C)cc1. The highest BCUT2D eigenvalue weighted by molar-refractivity contribution is 6.04. The van der Waals surface area contributed by atoms with Crippen molar-refractivity contribution in [2.24, 2.45) is 0 Å². The van der Waals surface area contributed by atoms with Crippen molar-refractivity contribution in [3.8, 4) is 5.75 Å². The molecule has 1 heterocycles. The van der Waals surface area contributed by atoms with E-state index in [1.165, 1.54) is 5.56 Å². The number of benzene rings is 2. The lowest BCUT2D eigenvalue weighted by atomic mass is 9.87. The van der Waals surface area contributed by atoms with E-state index in [1.54, 1.807) is 11.0 Å². The predicted molar refractivity (Wildman–Crippen MR) is 107 cm³/mol. The number of amides is 2. The molecule has 0 fully saturated rings. The van der Waals surface area contributed by atoms with Gasteiger partial charge >= 0.3 is 0 Å². The molecule has 0 aromatic heterocycles. The monoisotopic (exact) mass is 366 g/mol. The molecular weight excluding hydrogens is 340 g/mol. The van der Waals surface area contributed by atoms with Gasteiger partial charge in [-0.1, -0.05) is 45.0 Å². The van der Waals surface area contributed by atoms with Crippen LogP contribution >= 0.6 is 0 Å². The quantitative estimate of drug-likeness (QED) is 0.889. The number of nitrogens with zero attached hydrogens (tertiary/aromatic N) is 1. The maximum absolute atomic E-state index is 12.9. The van der Waals surface area contributed by atoms with Crippen LogP contribution in [0.5, 0.6) is 5.75 Å². The fourth-order valence-electron chi connectivity index (χ4n) is 3.23. The number of para-hydroxylation sites is 2. The van der Waals surface area contributed by atoms with Crippen LogP contribution in [-0.2, 0) is 15.0 Å². The predicted octanol–water partition coefficient (Wildman–Crippen LogP) is 4.13. The summed E-state index contributed by atoms with van der Waals surface area (Å²) in [5.41, 5.74) is 2.63. The standard InChI is InChI=1S/C22H26N2O3/c1-15-13-20(25)23-18-7-5-6-8-19(18)24(15)21(26)14-27-17-11-9-16(10-12-17)22(2,3)4/h5-12,15H,13-14H2,1-4H3,(H,23,25)/t15-/m0/s1. The van der Waals surface area contributed by atoms with Crippen LogP contribution in [0.4, 0.5) is 11.4 Å². The second-order valence-electron chi connectivity index (χ2n) is 7.95. The van der Waals surface area contributed by atoms with E-state index in [2.05, 4.69) is 26.1 Å². The number of fused-ring (bicyclic) bond motifs is 1. The summed E-state index contributed by atoms with van der Waals surface area (Å²) in [5.74, 6) is 0.386. The smallest absolute Gasteiger partial charge is 0.265 e. The van der Waals surface area contributed by atoms with Crippen LogP contribution in [0.25, 0.3) is 0 Å². The Morgan fingerprint density at radius 3 is 2.48 bits per heavy atom. The molecule has 0 saturated carbocycles. The van der Waals surface area contributed by atoms with Crippen molar-refractivity contribution >= 4 is 23.2 Å². The topological polar surface area (TPSA) is 58.6 Å². The minimum atomic E-state index is -0.243. The molecule has 2 aromatic rings. The summed E-state index contributed by atoms with van der Waals surface area (Å²) in [6.45, 7) is 8.25. The molecule has 0 unspecified atom stereocenters. The number of hydrogen-bond acceptors (Lipinski definition) is 3. The fraction of sp³-hybridized carbons (Fsp3) is 0.364. The number of ether oxygens (including phenoxy) is 1.